The predicted octanol–water partition coefficient (Wildman–Crippen LogP) is 3.93. The smallest absolute Gasteiger partial charge is 0.338 e. The van der Waals surface area contributed by atoms with E-state index >= 15 is 0 Å². The summed E-state index contributed by atoms with van der Waals surface area (Å²) in [6.45, 7) is 7.42. The minimum absolute atomic E-state index is 0.0702. The zero-order chi connectivity index (χ0) is 22.8. The van der Waals surface area contributed by atoms with Gasteiger partial charge in [-0.15, -0.1) is 0 Å². The van der Waals surface area contributed by atoms with Crippen molar-refractivity contribution in [1.29, 1.82) is 0 Å². The summed E-state index contributed by atoms with van der Waals surface area (Å²) in [5, 5.41) is 0.567. The van der Waals surface area contributed by atoms with E-state index < -0.39 is 12.0 Å². The number of aryl methyl sites for hydroxylation is 1. The maximum atomic E-state index is 13.5. The van der Waals surface area contributed by atoms with Gasteiger partial charge in [-0.05, 0) is 43.2 Å². The number of aromatic nitrogens is 1. The van der Waals surface area contributed by atoms with Crippen LogP contribution in [0.3, 0.4) is 0 Å². The number of fused-ring (bicyclic) bond motifs is 1. The molecule has 0 bridgehead atoms. The molecule has 1 atom stereocenters. The van der Waals surface area contributed by atoms with Crippen LogP contribution in [0.4, 0.5) is 0 Å². The molecular weight excluding hydrogens is 444 g/mol. The third kappa shape index (κ3) is 4.24. The fourth-order valence-electron chi connectivity index (χ4n) is 3.67. The zero-order valence-corrected chi connectivity index (χ0v) is 19.2. The largest absolute Gasteiger partial charge is 0.458 e. The lowest BCUT2D eigenvalue weighted by atomic mass is 9.96. The van der Waals surface area contributed by atoms with Gasteiger partial charge in [0.25, 0.3) is 5.56 Å². The van der Waals surface area contributed by atoms with E-state index in [9.17, 15) is 9.59 Å². The Hall–Kier alpha value is -3.22. The number of ether oxygens (including phenoxy) is 1. The lowest BCUT2D eigenvalue weighted by molar-refractivity contribution is -0.138. The highest BCUT2D eigenvalue weighted by atomic mass is 35.5. The van der Waals surface area contributed by atoms with Crippen molar-refractivity contribution in [1.82, 2.24) is 4.57 Å². The van der Waals surface area contributed by atoms with Gasteiger partial charge in [0.05, 0.1) is 21.8 Å². The lowest BCUT2D eigenvalue weighted by Crippen LogP contribution is -2.39. The predicted molar refractivity (Wildman–Crippen MR) is 128 cm³/mol. The van der Waals surface area contributed by atoms with Gasteiger partial charge in [0.2, 0.25) is 0 Å². The molecule has 0 aliphatic carbocycles. The molecule has 7 heteroatoms. The molecule has 0 amide bonds. The first-order chi connectivity index (χ1) is 15.4. The molecule has 5 nitrogen and oxygen atoms in total. The first-order valence-corrected chi connectivity index (χ1v) is 11.2. The summed E-state index contributed by atoms with van der Waals surface area (Å²) in [5.41, 5.74) is 3.41. The Kier molecular flexibility index (Phi) is 6.26. The molecule has 1 aliphatic rings. The second-order valence-electron chi connectivity index (χ2n) is 7.43. The van der Waals surface area contributed by atoms with E-state index in [2.05, 4.69) is 11.6 Å². The molecule has 1 aliphatic heterocycles. The first-order valence-electron chi connectivity index (χ1n) is 10.0. The van der Waals surface area contributed by atoms with Gasteiger partial charge < -0.3 is 4.74 Å². The molecule has 3 aromatic rings. The number of benzene rings is 2. The number of esters is 1. The summed E-state index contributed by atoms with van der Waals surface area (Å²) in [7, 11) is 0. The van der Waals surface area contributed by atoms with E-state index in [1.807, 2.05) is 49.4 Å². The van der Waals surface area contributed by atoms with E-state index in [0.717, 1.165) is 16.7 Å². The average molecular weight is 465 g/mol. The Balaban J connectivity index is 1.94. The van der Waals surface area contributed by atoms with E-state index in [1.54, 1.807) is 23.6 Å². The zero-order valence-electron chi connectivity index (χ0n) is 17.7. The van der Waals surface area contributed by atoms with Crippen molar-refractivity contribution in [3.63, 3.8) is 0 Å². The van der Waals surface area contributed by atoms with Gasteiger partial charge in [-0.2, -0.15) is 0 Å². The van der Waals surface area contributed by atoms with Crippen LogP contribution in [0.25, 0.3) is 6.08 Å². The van der Waals surface area contributed by atoms with Crippen molar-refractivity contribution >= 4 is 35.0 Å². The summed E-state index contributed by atoms with van der Waals surface area (Å²) in [4.78, 5) is 31.6. The Labute approximate surface area is 194 Å². The van der Waals surface area contributed by atoms with Gasteiger partial charge in [-0.3, -0.25) is 9.36 Å². The Morgan fingerprint density at radius 1 is 1.25 bits per heavy atom. The van der Waals surface area contributed by atoms with E-state index in [0.29, 0.717) is 25.6 Å². The monoisotopic (exact) mass is 464 g/mol. The van der Waals surface area contributed by atoms with Crippen LogP contribution >= 0.6 is 22.9 Å². The first kappa shape index (κ1) is 22.0. The highest BCUT2D eigenvalue weighted by Gasteiger charge is 2.33. The van der Waals surface area contributed by atoms with Crippen LogP contribution in [-0.2, 0) is 9.53 Å². The third-order valence-electron chi connectivity index (χ3n) is 5.10. The van der Waals surface area contributed by atoms with Crippen LogP contribution in [-0.4, -0.2) is 17.1 Å². The number of nitrogens with zero attached hydrogens (tertiary/aromatic N) is 2. The molecule has 2 heterocycles. The number of hydrogen-bond donors (Lipinski definition) is 0. The highest BCUT2D eigenvalue weighted by molar-refractivity contribution is 7.07. The van der Waals surface area contributed by atoms with Crippen molar-refractivity contribution < 1.29 is 9.53 Å². The van der Waals surface area contributed by atoms with Gasteiger partial charge in [0, 0.05) is 5.02 Å². The van der Waals surface area contributed by atoms with Crippen molar-refractivity contribution in [3.05, 3.63) is 114 Å². The molecule has 1 aromatic heterocycles. The van der Waals surface area contributed by atoms with Crippen LogP contribution < -0.4 is 14.9 Å². The number of carbonyl (C=O) groups is 1. The SMILES string of the molecule is C=CCOC(=O)C1=C(C)N=c2sc(=Cc3cccc(C)c3)c(=O)n2C1c1ccc(Cl)cc1. The maximum Gasteiger partial charge on any atom is 0.338 e. The normalized spacial score (nSPS) is 15.8. The molecule has 4 rings (SSSR count). The van der Waals surface area contributed by atoms with Crippen LogP contribution in [0.5, 0.6) is 0 Å². The van der Waals surface area contributed by atoms with Crippen molar-refractivity contribution in [2.75, 3.05) is 6.61 Å². The van der Waals surface area contributed by atoms with E-state index in [-0.39, 0.29) is 12.2 Å². The fourth-order valence-corrected chi connectivity index (χ4v) is 4.84. The molecule has 2 aromatic carbocycles. The Morgan fingerprint density at radius 2 is 2.00 bits per heavy atom. The molecule has 0 N–H and O–H groups in total. The number of allylic oxidation sites excluding steroid dienone is 1. The van der Waals surface area contributed by atoms with Crippen molar-refractivity contribution in [2.45, 2.75) is 19.9 Å². The minimum Gasteiger partial charge on any atom is -0.458 e. The number of carbonyl (C=O) groups excluding carboxylic acids is 1. The Morgan fingerprint density at radius 3 is 2.69 bits per heavy atom. The van der Waals surface area contributed by atoms with E-state index in [4.69, 9.17) is 16.3 Å². The van der Waals surface area contributed by atoms with Crippen LogP contribution in [0, 0.1) is 6.92 Å². The molecule has 0 spiro atoms. The average Bonchev–Trinajstić information content (AvgIpc) is 3.06. The van der Waals surface area contributed by atoms with Gasteiger partial charge in [-0.1, -0.05) is 77.6 Å². The van der Waals surface area contributed by atoms with Gasteiger partial charge in [0.1, 0.15) is 6.61 Å². The summed E-state index contributed by atoms with van der Waals surface area (Å²) in [6, 6.07) is 14.3. The quantitative estimate of drug-likeness (QED) is 0.424. The number of halogens is 1. The second kappa shape index (κ2) is 9.10. The van der Waals surface area contributed by atoms with Crippen molar-refractivity contribution in [3.8, 4) is 0 Å². The van der Waals surface area contributed by atoms with Crippen LogP contribution in [0.2, 0.25) is 5.02 Å². The number of rotatable bonds is 5. The number of thiazole rings is 1. The van der Waals surface area contributed by atoms with Gasteiger partial charge in [-0.25, -0.2) is 9.79 Å². The van der Waals surface area contributed by atoms with Crippen LogP contribution in [0.15, 0.2) is 82.2 Å². The molecule has 0 saturated carbocycles. The molecule has 1 unspecified atom stereocenters. The van der Waals surface area contributed by atoms with Crippen molar-refractivity contribution in [2.24, 2.45) is 4.99 Å². The second-order valence-corrected chi connectivity index (χ2v) is 8.88. The number of hydrogen-bond acceptors (Lipinski definition) is 5. The summed E-state index contributed by atoms with van der Waals surface area (Å²) < 4.78 is 7.43. The Bertz CT molecular complexity index is 1410. The summed E-state index contributed by atoms with van der Waals surface area (Å²) in [5.74, 6) is -0.529. The fraction of sp³-hybridized carbons (Fsp3) is 0.160. The molecule has 162 valence electrons. The summed E-state index contributed by atoms with van der Waals surface area (Å²) >= 11 is 7.38. The van der Waals surface area contributed by atoms with Gasteiger partial charge >= 0.3 is 5.97 Å². The highest BCUT2D eigenvalue weighted by Crippen LogP contribution is 2.31. The minimum atomic E-state index is -0.666. The molecular formula is C25H21ClN2O3S. The maximum absolute atomic E-state index is 13.5. The molecule has 32 heavy (non-hydrogen) atoms. The molecule has 0 fully saturated rings. The molecule has 0 saturated heterocycles. The van der Waals surface area contributed by atoms with Gasteiger partial charge in [0.15, 0.2) is 4.80 Å². The van der Waals surface area contributed by atoms with E-state index in [1.165, 1.54) is 17.4 Å². The third-order valence-corrected chi connectivity index (χ3v) is 6.33. The summed E-state index contributed by atoms with van der Waals surface area (Å²) in [6.07, 6.45) is 3.35. The molecule has 0 radical (unpaired) electrons. The van der Waals surface area contributed by atoms with Crippen LogP contribution in [0.1, 0.15) is 29.7 Å². The standard InChI is InChI=1S/C25H21ClN2O3S/c1-4-12-31-24(30)21-16(3)27-25-28(22(21)18-8-10-19(26)11-9-18)23(29)20(32-25)14-17-7-5-6-15(2)13-17/h4-11,13-14,22H,1,12H2,2-3H3. The lowest BCUT2D eigenvalue weighted by Gasteiger charge is -2.24. The topological polar surface area (TPSA) is 60.7 Å².